The first-order chi connectivity index (χ1) is 14.2. The molecule has 0 aliphatic carbocycles. The topological polar surface area (TPSA) is 85.3 Å². The zero-order valence-corrected chi connectivity index (χ0v) is 15.6. The van der Waals surface area contributed by atoms with Gasteiger partial charge in [0, 0.05) is 11.1 Å². The number of rotatable bonds is 5. The van der Waals surface area contributed by atoms with E-state index in [9.17, 15) is 4.79 Å². The lowest BCUT2D eigenvalue weighted by Gasteiger charge is -2.08. The lowest BCUT2D eigenvalue weighted by Crippen LogP contribution is -2.24. The molecule has 142 valence electrons. The molecule has 0 unspecified atom stereocenters. The minimum absolute atomic E-state index is 0.699. The maximum atomic E-state index is 10.7. The highest BCUT2D eigenvalue weighted by atomic mass is 16.2. The molecule has 1 heterocycles. The molecule has 0 saturated heterocycles. The van der Waals surface area contributed by atoms with Crippen LogP contribution in [0.2, 0.25) is 0 Å². The Hall–Kier alpha value is -4.19. The van der Waals surface area contributed by atoms with Gasteiger partial charge in [0.1, 0.15) is 0 Å². The number of carbonyl (C=O) groups is 1. The monoisotopic (exact) mass is 381 g/mol. The fourth-order valence-corrected chi connectivity index (χ4v) is 3.01. The van der Waals surface area contributed by atoms with Crippen molar-refractivity contribution in [2.45, 2.75) is 0 Å². The van der Waals surface area contributed by atoms with Crippen molar-refractivity contribution in [2.24, 2.45) is 10.8 Å². The molecule has 0 fully saturated rings. The van der Waals surface area contributed by atoms with Gasteiger partial charge in [0.2, 0.25) is 0 Å². The first kappa shape index (κ1) is 18.2. The predicted molar refractivity (Wildman–Crippen MR) is 115 cm³/mol. The summed E-state index contributed by atoms with van der Waals surface area (Å²) in [5.41, 5.74) is 13.0. The molecule has 3 aromatic carbocycles. The number of carbonyl (C=O) groups excluding carboxylic acids is 1. The third kappa shape index (κ3) is 4.22. The molecule has 0 atom stereocenters. The average molecular weight is 381 g/mol. The number of nitrogens with one attached hydrogen (secondary N) is 1. The summed E-state index contributed by atoms with van der Waals surface area (Å²) in [5, 5.41) is 8.63. The van der Waals surface area contributed by atoms with Gasteiger partial charge in [0.15, 0.2) is 0 Å². The van der Waals surface area contributed by atoms with E-state index in [4.69, 9.17) is 10.8 Å². The Kier molecular flexibility index (Phi) is 5.16. The molecule has 4 aromatic rings. The predicted octanol–water partition coefficient (Wildman–Crippen LogP) is 4.21. The zero-order chi connectivity index (χ0) is 20.1. The van der Waals surface area contributed by atoms with Gasteiger partial charge in [-0.05, 0) is 23.8 Å². The van der Waals surface area contributed by atoms with Crippen LogP contribution >= 0.6 is 0 Å². The van der Waals surface area contributed by atoms with Crippen molar-refractivity contribution in [1.82, 2.24) is 15.2 Å². The summed E-state index contributed by atoms with van der Waals surface area (Å²) in [4.78, 5) is 10.7. The summed E-state index contributed by atoms with van der Waals surface area (Å²) in [6.45, 7) is 0. The number of nitrogens with zero attached hydrogens (tertiary/aromatic N) is 3. The van der Waals surface area contributed by atoms with Crippen LogP contribution in [0.1, 0.15) is 5.56 Å². The summed E-state index contributed by atoms with van der Waals surface area (Å²) < 4.78 is 1.93. The Morgan fingerprint density at radius 3 is 2.14 bits per heavy atom. The number of nitrogens with two attached hydrogens (primary N) is 1. The van der Waals surface area contributed by atoms with Crippen molar-refractivity contribution in [2.75, 3.05) is 0 Å². The molecule has 4 rings (SSSR count). The molecule has 2 amide bonds. The van der Waals surface area contributed by atoms with Crippen LogP contribution < -0.4 is 11.2 Å². The Balaban J connectivity index is 1.73. The quantitative estimate of drug-likeness (QED) is 0.401. The fraction of sp³-hybridized carbons (Fsp3) is 0. The molecular weight excluding hydrogens is 362 g/mol. The maximum Gasteiger partial charge on any atom is 0.332 e. The Bertz CT molecular complexity index is 1130. The van der Waals surface area contributed by atoms with Crippen LogP contribution in [0, 0.1) is 0 Å². The molecule has 29 heavy (non-hydrogen) atoms. The fourth-order valence-electron chi connectivity index (χ4n) is 3.01. The van der Waals surface area contributed by atoms with Gasteiger partial charge in [0.05, 0.1) is 23.3 Å². The molecule has 0 spiro atoms. The van der Waals surface area contributed by atoms with Crippen molar-refractivity contribution in [3.8, 4) is 28.2 Å². The van der Waals surface area contributed by atoms with Crippen LogP contribution in [0.4, 0.5) is 4.79 Å². The molecule has 0 radical (unpaired) electrons. The van der Waals surface area contributed by atoms with Gasteiger partial charge in [-0.1, -0.05) is 72.8 Å². The lowest BCUT2D eigenvalue weighted by atomic mass is 10.1. The number of hydrogen-bond donors (Lipinski definition) is 2. The Morgan fingerprint density at radius 1 is 0.897 bits per heavy atom. The Labute approximate surface area is 168 Å². The lowest BCUT2D eigenvalue weighted by molar-refractivity contribution is 0.249. The van der Waals surface area contributed by atoms with E-state index in [0.717, 1.165) is 33.8 Å². The van der Waals surface area contributed by atoms with Crippen molar-refractivity contribution in [3.63, 3.8) is 0 Å². The molecule has 1 aromatic heterocycles. The van der Waals surface area contributed by atoms with Crippen molar-refractivity contribution in [1.29, 1.82) is 0 Å². The van der Waals surface area contributed by atoms with Crippen LogP contribution in [0.3, 0.4) is 0 Å². The summed E-state index contributed by atoms with van der Waals surface area (Å²) in [7, 11) is 0. The SMILES string of the molecule is NC(=O)N/N=C/c1ccc(-n2nc(-c3ccccc3)cc2-c2ccccc2)cc1. The third-order valence-corrected chi connectivity index (χ3v) is 4.37. The van der Waals surface area contributed by atoms with E-state index >= 15 is 0 Å². The number of hydrazone groups is 1. The largest absolute Gasteiger partial charge is 0.350 e. The van der Waals surface area contributed by atoms with E-state index in [1.807, 2.05) is 77.5 Å². The van der Waals surface area contributed by atoms with E-state index < -0.39 is 6.03 Å². The normalized spacial score (nSPS) is 10.9. The highest BCUT2D eigenvalue weighted by Crippen LogP contribution is 2.28. The number of benzene rings is 3. The molecular formula is C23H19N5O. The second-order valence-electron chi connectivity index (χ2n) is 6.38. The first-order valence-electron chi connectivity index (χ1n) is 9.10. The number of hydrogen-bond acceptors (Lipinski definition) is 3. The maximum absolute atomic E-state index is 10.7. The van der Waals surface area contributed by atoms with Crippen molar-refractivity contribution >= 4 is 12.2 Å². The Morgan fingerprint density at radius 2 is 1.52 bits per heavy atom. The standard InChI is InChI=1S/C23H19N5O/c24-23(29)26-25-16-17-11-13-20(14-12-17)28-22(19-9-5-2-6-10-19)15-21(27-28)18-7-3-1-4-8-18/h1-16H,(H3,24,26,29)/b25-16+. The molecule has 6 heteroatoms. The minimum atomic E-state index is -0.699. The van der Waals surface area contributed by atoms with Crippen LogP contribution in [0.5, 0.6) is 0 Å². The van der Waals surface area contributed by atoms with E-state index in [0.29, 0.717) is 0 Å². The molecule has 3 N–H and O–H groups in total. The summed E-state index contributed by atoms with van der Waals surface area (Å²) in [5.74, 6) is 0. The third-order valence-electron chi connectivity index (χ3n) is 4.37. The van der Waals surface area contributed by atoms with Crippen LogP contribution in [-0.4, -0.2) is 22.0 Å². The highest BCUT2D eigenvalue weighted by molar-refractivity contribution is 5.82. The number of primary amides is 1. The summed E-state index contributed by atoms with van der Waals surface area (Å²) in [6, 6.07) is 29.4. The van der Waals surface area contributed by atoms with Gasteiger partial charge in [-0.15, -0.1) is 0 Å². The van der Waals surface area contributed by atoms with Crippen molar-refractivity contribution < 1.29 is 4.79 Å². The van der Waals surface area contributed by atoms with E-state index in [1.165, 1.54) is 6.21 Å². The van der Waals surface area contributed by atoms with Gasteiger partial charge in [-0.2, -0.15) is 10.2 Å². The van der Waals surface area contributed by atoms with Crippen molar-refractivity contribution in [3.05, 3.63) is 96.6 Å². The van der Waals surface area contributed by atoms with Gasteiger partial charge >= 0.3 is 6.03 Å². The summed E-state index contributed by atoms with van der Waals surface area (Å²) >= 11 is 0. The van der Waals surface area contributed by atoms with E-state index in [1.54, 1.807) is 0 Å². The smallest absolute Gasteiger partial charge is 0.332 e. The zero-order valence-electron chi connectivity index (χ0n) is 15.6. The van der Waals surface area contributed by atoms with Crippen LogP contribution in [-0.2, 0) is 0 Å². The van der Waals surface area contributed by atoms with Crippen LogP contribution in [0.15, 0.2) is 96.1 Å². The van der Waals surface area contributed by atoms with E-state index in [-0.39, 0.29) is 0 Å². The number of urea groups is 1. The van der Waals surface area contributed by atoms with Gasteiger partial charge in [-0.3, -0.25) is 0 Å². The molecule has 0 bridgehead atoms. The number of aromatic nitrogens is 2. The van der Waals surface area contributed by atoms with Crippen LogP contribution in [0.25, 0.3) is 28.2 Å². The van der Waals surface area contributed by atoms with E-state index in [2.05, 4.69) is 28.7 Å². The second kappa shape index (κ2) is 8.22. The molecule has 0 saturated carbocycles. The van der Waals surface area contributed by atoms with Gasteiger partial charge in [-0.25, -0.2) is 14.9 Å². The average Bonchev–Trinajstić information content (AvgIpc) is 3.21. The molecule has 6 nitrogen and oxygen atoms in total. The molecule has 0 aliphatic rings. The molecule has 0 aliphatic heterocycles. The van der Waals surface area contributed by atoms with Gasteiger partial charge in [0.25, 0.3) is 0 Å². The summed E-state index contributed by atoms with van der Waals surface area (Å²) in [6.07, 6.45) is 1.53. The number of amides is 2. The highest BCUT2D eigenvalue weighted by Gasteiger charge is 2.12. The first-order valence-corrected chi connectivity index (χ1v) is 9.10. The second-order valence-corrected chi connectivity index (χ2v) is 6.38. The van der Waals surface area contributed by atoms with Gasteiger partial charge < -0.3 is 5.73 Å². The minimum Gasteiger partial charge on any atom is -0.350 e.